The van der Waals surface area contributed by atoms with E-state index in [1.54, 1.807) is 6.07 Å². The number of β-amino-alcohol motifs (C(OH)–C–C–N with tert-alkyl or cyclic N) is 1. The molecular weight excluding hydrogens is 346 g/mol. The summed E-state index contributed by atoms with van der Waals surface area (Å²) in [5.74, 6) is -0.159. The zero-order chi connectivity index (χ0) is 18.4. The fourth-order valence-corrected chi connectivity index (χ4v) is 3.10. The molecule has 7 nitrogen and oxygen atoms in total. The molecule has 1 aliphatic rings. The van der Waals surface area contributed by atoms with Gasteiger partial charge in [0.1, 0.15) is 5.75 Å². The molecular formula is C17H24ClN3O4. The van der Waals surface area contributed by atoms with Crippen molar-refractivity contribution in [1.29, 1.82) is 0 Å². The molecule has 0 saturated carbocycles. The van der Waals surface area contributed by atoms with Crippen LogP contribution in [-0.4, -0.2) is 61.2 Å². The Morgan fingerprint density at radius 3 is 2.60 bits per heavy atom. The van der Waals surface area contributed by atoms with E-state index in [1.807, 2.05) is 0 Å². The Balaban J connectivity index is 2.06. The lowest BCUT2D eigenvalue weighted by atomic mass is 10.0. The average Bonchev–Trinajstić information content (AvgIpc) is 2.58. The number of methoxy groups -OCH3 is 1. The Kier molecular flexibility index (Phi) is 7.04. The van der Waals surface area contributed by atoms with Gasteiger partial charge in [0, 0.05) is 38.7 Å². The highest BCUT2D eigenvalue weighted by atomic mass is 35.5. The van der Waals surface area contributed by atoms with Gasteiger partial charge in [-0.25, -0.2) is 0 Å². The maximum Gasteiger partial charge on any atom is 0.255 e. The van der Waals surface area contributed by atoms with E-state index in [-0.39, 0.29) is 29.5 Å². The third-order valence-corrected chi connectivity index (χ3v) is 4.50. The Morgan fingerprint density at radius 1 is 1.36 bits per heavy atom. The number of likely N-dealkylation sites (tertiary alicyclic amines) is 1. The van der Waals surface area contributed by atoms with Crippen LogP contribution in [-0.2, 0) is 4.79 Å². The average molecular weight is 370 g/mol. The zero-order valence-corrected chi connectivity index (χ0v) is 15.2. The number of piperidine rings is 1. The fraction of sp³-hybridized carbons (Fsp3) is 0.529. The summed E-state index contributed by atoms with van der Waals surface area (Å²) in [7, 11) is 1.46. The number of carbonyl (C=O) groups is 2. The predicted octanol–water partition coefficient (Wildman–Crippen LogP) is 1.49. The van der Waals surface area contributed by atoms with Crippen molar-refractivity contribution in [3.63, 3.8) is 0 Å². The monoisotopic (exact) mass is 369 g/mol. The SMILES string of the molecule is COc1cc(NC(C)=O)c(Cl)cc1C(=O)NC1CCN(CCO)CC1. The number of carbonyl (C=O) groups excluding carboxylic acids is 2. The molecule has 0 bridgehead atoms. The van der Waals surface area contributed by atoms with Gasteiger partial charge >= 0.3 is 0 Å². The van der Waals surface area contributed by atoms with Gasteiger partial charge in [0.15, 0.2) is 0 Å². The van der Waals surface area contributed by atoms with Crippen LogP contribution in [0, 0.1) is 0 Å². The van der Waals surface area contributed by atoms with Crippen LogP contribution in [0.4, 0.5) is 5.69 Å². The summed E-state index contributed by atoms with van der Waals surface area (Å²) in [4.78, 5) is 26.0. The Labute approximate surface area is 152 Å². The molecule has 3 N–H and O–H groups in total. The molecule has 1 fully saturated rings. The lowest BCUT2D eigenvalue weighted by molar-refractivity contribution is -0.114. The van der Waals surface area contributed by atoms with Gasteiger partial charge in [-0.15, -0.1) is 0 Å². The summed E-state index contributed by atoms with van der Waals surface area (Å²) in [5.41, 5.74) is 0.735. The van der Waals surface area contributed by atoms with Crippen LogP contribution in [0.5, 0.6) is 5.75 Å². The van der Waals surface area contributed by atoms with E-state index < -0.39 is 0 Å². The van der Waals surface area contributed by atoms with Crippen molar-refractivity contribution < 1.29 is 19.4 Å². The van der Waals surface area contributed by atoms with Gasteiger partial charge in [-0.2, -0.15) is 0 Å². The van der Waals surface area contributed by atoms with Gasteiger partial charge in [-0.3, -0.25) is 9.59 Å². The van der Waals surface area contributed by atoms with Crippen molar-refractivity contribution in [2.24, 2.45) is 0 Å². The van der Waals surface area contributed by atoms with Crippen molar-refractivity contribution in [3.05, 3.63) is 22.7 Å². The topological polar surface area (TPSA) is 90.9 Å². The van der Waals surface area contributed by atoms with E-state index in [1.165, 1.54) is 20.1 Å². The van der Waals surface area contributed by atoms with Crippen LogP contribution in [0.3, 0.4) is 0 Å². The molecule has 138 valence electrons. The number of aliphatic hydroxyl groups excluding tert-OH is 1. The second-order valence-electron chi connectivity index (χ2n) is 6.03. The largest absolute Gasteiger partial charge is 0.496 e. The number of benzene rings is 1. The Bertz CT molecular complexity index is 631. The molecule has 2 rings (SSSR count). The van der Waals surface area contributed by atoms with Crippen molar-refractivity contribution in [1.82, 2.24) is 10.2 Å². The first-order chi connectivity index (χ1) is 11.9. The predicted molar refractivity (Wildman–Crippen MR) is 96.3 cm³/mol. The van der Waals surface area contributed by atoms with Crippen LogP contribution in [0.25, 0.3) is 0 Å². The molecule has 0 aliphatic carbocycles. The zero-order valence-electron chi connectivity index (χ0n) is 14.5. The Morgan fingerprint density at radius 2 is 2.04 bits per heavy atom. The number of hydrogen-bond donors (Lipinski definition) is 3. The summed E-state index contributed by atoms with van der Waals surface area (Å²) in [5, 5.41) is 14.9. The first-order valence-electron chi connectivity index (χ1n) is 8.23. The number of nitrogens with one attached hydrogen (secondary N) is 2. The first kappa shape index (κ1) is 19.5. The number of hydrogen-bond acceptors (Lipinski definition) is 5. The molecule has 1 heterocycles. The lowest BCUT2D eigenvalue weighted by Gasteiger charge is -2.31. The molecule has 1 aromatic rings. The maximum absolute atomic E-state index is 12.6. The number of halogens is 1. The summed E-state index contributed by atoms with van der Waals surface area (Å²) >= 11 is 6.16. The smallest absolute Gasteiger partial charge is 0.255 e. The number of aliphatic hydroxyl groups is 1. The van der Waals surface area contributed by atoms with Crippen molar-refractivity contribution >= 4 is 29.1 Å². The highest BCUT2D eigenvalue weighted by molar-refractivity contribution is 6.34. The molecule has 25 heavy (non-hydrogen) atoms. The van der Waals surface area contributed by atoms with E-state index in [4.69, 9.17) is 21.4 Å². The highest BCUT2D eigenvalue weighted by Gasteiger charge is 2.23. The fourth-order valence-electron chi connectivity index (χ4n) is 2.89. The standard InChI is InChI=1S/C17H24ClN3O4/c1-11(23)19-15-10-16(25-2)13(9-14(15)18)17(24)20-12-3-5-21(6-4-12)7-8-22/h9-10,12,22H,3-8H2,1-2H3,(H,19,23)(H,20,24). The second-order valence-corrected chi connectivity index (χ2v) is 6.43. The van der Waals surface area contributed by atoms with E-state index >= 15 is 0 Å². The quantitative estimate of drug-likeness (QED) is 0.706. The number of ether oxygens (including phenoxy) is 1. The van der Waals surface area contributed by atoms with E-state index in [0.717, 1.165) is 25.9 Å². The number of nitrogens with zero attached hydrogens (tertiary/aromatic N) is 1. The summed E-state index contributed by atoms with van der Waals surface area (Å²) < 4.78 is 5.28. The van der Waals surface area contributed by atoms with Crippen molar-refractivity contribution in [3.8, 4) is 5.75 Å². The lowest BCUT2D eigenvalue weighted by Crippen LogP contribution is -2.45. The normalized spacial score (nSPS) is 15.7. The Hall–Kier alpha value is -1.83. The number of amides is 2. The molecule has 0 aromatic heterocycles. The van der Waals surface area contributed by atoms with E-state index in [2.05, 4.69) is 15.5 Å². The molecule has 0 radical (unpaired) electrons. The minimum atomic E-state index is -0.256. The minimum Gasteiger partial charge on any atom is -0.496 e. The molecule has 0 spiro atoms. The highest BCUT2D eigenvalue weighted by Crippen LogP contribution is 2.31. The summed E-state index contributed by atoms with van der Waals surface area (Å²) in [6.07, 6.45) is 1.65. The summed E-state index contributed by atoms with van der Waals surface area (Å²) in [6.45, 7) is 3.87. The van der Waals surface area contributed by atoms with Crippen LogP contribution < -0.4 is 15.4 Å². The summed E-state index contributed by atoms with van der Waals surface area (Å²) in [6, 6.07) is 3.12. The van der Waals surface area contributed by atoms with Gasteiger partial charge in [-0.05, 0) is 18.9 Å². The van der Waals surface area contributed by atoms with E-state index in [0.29, 0.717) is 23.5 Å². The molecule has 0 unspecified atom stereocenters. The molecule has 8 heteroatoms. The third kappa shape index (κ3) is 5.32. The van der Waals surface area contributed by atoms with E-state index in [9.17, 15) is 9.59 Å². The van der Waals surface area contributed by atoms with Crippen LogP contribution in [0.2, 0.25) is 5.02 Å². The molecule has 1 aliphatic heterocycles. The minimum absolute atomic E-state index is 0.0703. The van der Waals surface area contributed by atoms with Crippen molar-refractivity contribution in [2.75, 3.05) is 38.7 Å². The molecule has 1 saturated heterocycles. The molecule has 2 amide bonds. The number of rotatable bonds is 6. The van der Waals surface area contributed by atoms with Gasteiger partial charge < -0.3 is 25.4 Å². The maximum atomic E-state index is 12.6. The molecule has 0 atom stereocenters. The van der Waals surface area contributed by atoms with Gasteiger partial charge in [0.25, 0.3) is 5.91 Å². The van der Waals surface area contributed by atoms with Gasteiger partial charge in [0.05, 0.1) is 30.0 Å². The van der Waals surface area contributed by atoms with Crippen molar-refractivity contribution in [2.45, 2.75) is 25.8 Å². The van der Waals surface area contributed by atoms with Gasteiger partial charge in [0.2, 0.25) is 5.91 Å². The van der Waals surface area contributed by atoms with Gasteiger partial charge in [-0.1, -0.05) is 11.6 Å². The van der Waals surface area contributed by atoms with Crippen LogP contribution in [0.1, 0.15) is 30.1 Å². The first-order valence-corrected chi connectivity index (χ1v) is 8.61. The van der Waals surface area contributed by atoms with Crippen LogP contribution >= 0.6 is 11.6 Å². The van der Waals surface area contributed by atoms with Crippen LogP contribution in [0.15, 0.2) is 12.1 Å². The second kappa shape index (κ2) is 9.03. The molecule has 1 aromatic carbocycles. The number of anilines is 1. The third-order valence-electron chi connectivity index (χ3n) is 4.18.